The molecule has 0 unspecified atom stereocenters. The molecule has 0 amide bonds. The van der Waals surface area contributed by atoms with Crippen LogP contribution >= 0.6 is 0 Å². The Morgan fingerprint density at radius 1 is 1.21 bits per heavy atom. The molecule has 0 aliphatic carbocycles. The first kappa shape index (κ1) is 10.8. The summed E-state index contributed by atoms with van der Waals surface area (Å²) in [6.07, 6.45) is 0. The van der Waals surface area contributed by atoms with Crippen LogP contribution in [0, 0.1) is 13.8 Å². The van der Waals surface area contributed by atoms with Gasteiger partial charge in [0.2, 0.25) is 0 Å². The van der Waals surface area contributed by atoms with Gasteiger partial charge < -0.3 is 15.2 Å². The minimum Gasteiger partial charge on any atom is -0.478 e. The Kier molecular flexibility index (Phi) is 2.93. The molecule has 5 heteroatoms. The van der Waals surface area contributed by atoms with Crippen LogP contribution in [0.1, 0.15) is 21.5 Å². The van der Waals surface area contributed by atoms with Gasteiger partial charge in [-0.3, -0.25) is 0 Å². The van der Waals surface area contributed by atoms with E-state index in [1.807, 2.05) is 0 Å². The second-order valence-electron chi connectivity index (χ2n) is 3.20. The summed E-state index contributed by atoms with van der Waals surface area (Å²) in [6.45, 7) is 3.26. The third kappa shape index (κ3) is 1.94. The molecule has 0 heterocycles. The molecule has 0 spiro atoms. The molecule has 0 aliphatic rings. The zero-order chi connectivity index (χ0) is 10.9. The molecule has 0 radical (unpaired) electrons. The van der Waals surface area contributed by atoms with Crippen molar-refractivity contribution < 1.29 is 19.9 Å². The Balaban J connectivity index is 3.31. The fourth-order valence-electron chi connectivity index (χ4n) is 1.35. The quantitative estimate of drug-likeness (QED) is 0.564. The minimum absolute atomic E-state index is 0.187. The maximum Gasteiger partial charge on any atom is 0.488 e. The number of aromatic carboxylic acids is 1. The number of carbonyl (C=O) groups is 1. The van der Waals surface area contributed by atoms with Gasteiger partial charge in [-0.05, 0) is 30.9 Å². The summed E-state index contributed by atoms with van der Waals surface area (Å²) in [5, 5.41) is 26.7. The fraction of sp³-hybridized carbons (Fsp3) is 0.222. The van der Waals surface area contributed by atoms with Gasteiger partial charge in [0.15, 0.2) is 0 Å². The summed E-state index contributed by atoms with van der Waals surface area (Å²) < 4.78 is 0. The highest BCUT2D eigenvalue weighted by Crippen LogP contribution is 2.09. The third-order valence-corrected chi connectivity index (χ3v) is 2.12. The van der Waals surface area contributed by atoms with Crippen LogP contribution in [0.2, 0.25) is 0 Å². The topological polar surface area (TPSA) is 77.8 Å². The molecule has 0 fully saturated rings. The number of hydrogen-bond acceptors (Lipinski definition) is 3. The van der Waals surface area contributed by atoms with Gasteiger partial charge >= 0.3 is 13.1 Å². The van der Waals surface area contributed by atoms with Gasteiger partial charge in [-0.2, -0.15) is 0 Å². The predicted octanol–water partition coefficient (Wildman–Crippen LogP) is -0.319. The van der Waals surface area contributed by atoms with E-state index in [1.54, 1.807) is 13.8 Å². The van der Waals surface area contributed by atoms with Gasteiger partial charge in [-0.25, -0.2) is 4.79 Å². The highest BCUT2D eigenvalue weighted by Gasteiger charge is 2.17. The van der Waals surface area contributed by atoms with Crippen molar-refractivity contribution in [3.05, 3.63) is 28.8 Å². The molecule has 0 saturated heterocycles. The molecule has 0 saturated carbocycles. The molecule has 1 aromatic rings. The van der Waals surface area contributed by atoms with Gasteiger partial charge in [0.1, 0.15) is 0 Å². The SMILES string of the molecule is Cc1cc(C(=O)O)c(C)cc1B(O)O. The van der Waals surface area contributed by atoms with E-state index in [2.05, 4.69) is 0 Å². The van der Waals surface area contributed by atoms with Gasteiger partial charge in [0.25, 0.3) is 0 Å². The largest absolute Gasteiger partial charge is 0.488 e. The highest BCUT2D eigenvalue weighted by atomic mass is 16.4. The van der Waals surface area contributed by atoms with Crippen molar-refractivity contribution >= 4 is 18.6 Å². The van der Waals surface area contributed by atoms with Crippen LogP contribution in [0.3, 0.4) is 0 Å². The van der Waals surface area contributed by atoms with Crippen LogP contribution in [0.4, 0.5) is 0 Å². The number of carboxylic acid groups (broad SMARTS) is 1. The molecule has 0 atom stereocenters. The molecule has 0 aromatic heterocycles. The monoisotopic (exact) mass is 194 g/mol. The Hall–Kier alpha value is -1.33. The van der Waals surface area contributed by atoms with E-state index in [0.717, 1.165) is 0 Å². The van der Waals surface area contributed by atoms with Crippen molar-refractivity contribution in [2.24, 2.45) is 0 Å². The summed E-state index contributed by atoms with van der Waals surface area (Å²) in [5.74, 6) is -1.01. The van der Waals surface area contributed by atoms with E-state index in [4.69, 9.17) is 15.2 Å². The van der Waals surface area contributed by atoms with Crippen molar-refractivity contribution in [2.75, 3.05) is 0 Å². The van der Waals surface area contributed by atoms with Crippen molar-refractivity contribution in [1.29, 1.82) is 0 Å². The van der Waals surface area contributed by atoms with E-state index < -0.39 is 13.1 Å². The molecule has 0 bridgehead atoms. The van der Waals surface area contributed by atoms with Crippen LogP contribution in [0.5, 0.6) is 0 Å². The second kappa shape index (κ2) is 3.81. The van der Waals surface area contributed by atoms with Gasteiger partial charge in [0.05, 0.1) is 5.56 Å². The fourth-order valence-corrected chi connectivity index (χ4v) is 1.35. The summed E-state index contributed by atoms with van der Waals surface area (Å²) >= 11 is 0. The van der Waals surface area contributed by atoms with Crippen molar-refractivity contribution in [2.45, 2.75) is 13.8 Å². The first-order chi connectivity index (χ1) is 6.43. The molecule has 3 N–H and O–H groups in total. The van der Waals surface area contributed by atoms with Crippen LogP contribution in [-0.4, -0.2) is 28.2 Å². The van der Waals surface area contributed by atoms with Gasteiger partial charge in [-0.15, -0.1) is 0 Å². The van der Waals surface area contributed by atoms with Crippen molar-refractivity contribution in [3.8, 4) is 0 Å². The summed E-state index contributed by atoms with van der Waals surface area (Å²) in [6, 6.07) is 2.91. The van der Waals surface area contributed by atoms with Crippen LogP contribution in [0.25, 0.3) is 0 Å². The average Bonchev–Trinajstić information content (AvgIpc) is 2.07. The maximum absolute atomic E-state index is 10.7. The molecular weight excluding hydrogens is 183 g/mol. The zero-order valence-electron chi connectivity index (χ0n) is 7.98. The van der Waals surface area contributed by atoms with E-state index in [-0.39, 0.29) is 5.56 Å². The molecule has 14 heavy (non-hydrogen) atoms. The van der Waals surface area contributed by atoms with Crippen molar-refractivity contribution in [1.82, 2.24) is 0 Å². The Morgan fingerprint density at radius 3 is 2.21 bits per heavy atom. The van der Waals surface area contributed by atoms with E-state index in [9.17, 15) is 4.79 Å². The summed E-state index contributed by atoms with van der Waals surface area (Å²) in [7, 11) is -1.56. The smallest absolute Gasteiger partial charge is 0.478 e. The predicted molar refractivity (Wildman–Crippen MR) is 52.7 cm³/mol. The number of carboxylic acids is 1. The van der Waals surface area contributed by atoms with Crippen LogP contribution < -0.4 is 5.46 Å². The number of aryl methyl sites for hydroxylation is 2. The third-order valence-electron chi connectivity index (χ3n) is 2.12. The molecule has 1 aromatic carbocycles. The molecule has 4 nitrogen and oxygen atoms in total. The molecular formula is C9H11BO4. The lowest BCUT2D eigenvalue weighted by atomic mass is 9.76. The van der Waals surface area contributed by atoms with Crippen molar-refractivity contribution in [3.63, 3.8) is 0 Å². The van der Waals surface area contributed by atoms with E-state index >= 15 is 0 Å². The minimum atomic E-state index is -1.56. The number of benzene rings is 1. The lowest BCUT2D eigenvalue weighted by Gasteiger charge is -2.08. The molecule has 1 rings (SSSR count). The number of rotatable bonds is 2. The van der Waals surface area contributed by atoms with Gasteiger partial charge in [-0.1, -0.05) is 11.6 Å². The van der Waals surface area contributed by atoms with Crippen LogP contribution in [0.15, 0.2) is 12.1 Å². The Labute approximate surface area is 82.0 Å². The Bertz CT molecular complexity index is 373. The number of hydrogen-bond donors (Lipinski definition) is 3. The zero-order valence-corrected chi connectivity index (χ0v) is 7.98. The Morgan fingerprint density at radius 2 is 1.79 bits per heavy atom. The molecule has 0 aliphatic heterocycles. The standard InChI is InChI=1S/C9H11BO4/c1-5-4-8(10(13)14)6(2)3-7(5)9(11)12/h3-4,13-14H,1-2H3,(H,11,12). The normalized spacial score (nSPS) is 10.0. The summed E-state index contributed by atoms with van der Waals surface area (Å²) in [4.78, 5) is 10.7. The first-order valence-electron chi connectivity index (χ1n) is 4.14. The maximum atomic E-state index is 10.7. The van der Waals surface area contributed by atoms with Gasteiger partial charge in [0, 0.05) is 0 Å². The lowest BCUT2D eigenvalue weighted by molar-refractivity contribution is 0.0696. The van der Waals surface area contributed by atoms with E-state index in [1.165, 1.54) is 12.1 Å². The average molecular weight is 194 g/mol. The van der Waals surface area contributed by atoms with Crippen LogP contribution in [-0.2, 0) is 0 Å². The lowest BCUT2D eigenvalue weighted by Crippen LogP contribution is -2.32. The molecule has 74 valence electrons. The summed E-state index contributed by atoms with van der Waals surface area (Å²) in [5.41, 5.74) is 1.61. The highest BCUT2D eigenvalue weighted by molar-refractivity contribution is 6.59. The first-order valence-corrected chi connectivity index (χ1v) is 4.14. The second-order valence-corrected chi connectivity index (χ2v) is 3.20. The van der Waals surface area contributed by atoms with E-state index in [0.29, 0.717) is 16.6 Å².